The van der Waals surface area contributed by atoms with Gasteiger partial charge in [-0.2, -0.15) is 0 Å². The Morgan fingerprint density at radius 3 is 2.57 bits per heavy atom. The third-order valence-electron chi connectivity index (χ3n) is 5.68. The number of aromatic carboxylic acids is 1. The number of ether oxygens (including phenoxy) is 2. The molecule has 2 aliphatic rings. The molecule has 6 nitrogen and oxygen atoms in total. The molecule has 1 aliphatic carbocycles. The molecule has 0 spiro atoms. The summed E-state index contributed by atoms with van der Waals surface area (Å²) in [4.78, 5) is 16.3. The van der Waals surface area contributed by atoms with E-state index >= 15 is 0 Å². The molecule has 6 heteroatoms. The molecular formula is C22H22N2O4. The second-order valence-electron chi connectivity index (χ2n) is 7.46. The van der Waals surface area contributed by atoms with Gasteiger partial charge in [0.25, 0.3) is 0 Å². The smallest absolute Gasteiger partial charge is 0.335 e. The molecule has 3 aromatic rings. The SMILES string of the molecule is O=C(O)c1ccc2c(c1)nc(-c1ccc3c(c1)OCCO3)n2C1CCCCC1. The molecule has 144 valence electrons. The summed E-state index contributed by atoms with van der Waals surface area (Å²) in [6.45, 7) is 1.10. The van der Waals surface area contributed by atoms with Gasteiger partial charge in [0.05, 0.1) is 16.6 Å². The van der Waals surface area contributed by atoms with Crippen molar-refractivity contribution in [2.24, 2.45) is 0 Å². The van der Waals surface area contributed by atoms with Gasteiger partial charge in [0.15, 0.2) is 11.5 Å². The van der Waals surface area contributed by atoms with E-state index in [0.29, 0.717) is 19.3 Å². The molecule has 1 aromatic heterocycles. The van der Waals surface area contributed by atoms with E-state index in [-0.39, 0.29) is 5.56 Å². The van der Waals surface area contributed by atoms with Crippen LogP contribution in [0.5, 0.6) is 11.5 Å². The van der Waals surface area contributed by atoms with E-state index in [2.05, 4.69) is 4.57 Å². The fourth-order valence-electron chi connectivity index (χ4n) is 4.33. The molecule has 5 rings (SSSR count). The highest BCUT2D eigenvalue weighted by Crippen LogP contribution is 2.39. The molecule has 28 heavy (non-hydrogen) atoms. The van der Waals surface area contributed by atoms with E-state index in [4.69, 9.17) is 14.5 Å². The lowest BCUT2D eigenvalue weighted by Gasteiger charge is -2.26. The van der Waals surface area contributed by atoms with Crippen molar-refractivity contribution in [1.29, 1.82) is 0 Å². The molecule has 0 atom stereocenters. The first-order chi connectivity index (χ1) is 13.7. The second kappa shape index (κ2) is 6.86. The van der Waals surface area contributed by atoms with Gasteiger partial charge in [-0.05, 0) is 49.2 Å². The van der Waals surface area contributed by atoms with Crippen LogP contribution < -0.4 is 9.47 Å². The summed E-state index contributed by atoms with van der Waals surface area (Å²) in [7, 11) is 0. The van der Waals surface area contributed by atoms with Crippen LogP contribution in [0.3, 0.4) is 0 Å². The monoisotopic (exact) mass is 378 g/mol. The number of aromatic nitrogens is 2. The number of carbonyl (C=O) groups is 1. The third-order valence-corrected chi connectivity index (χ3v) is 5.68. The lowest BCUT2D eigenvalue weighted by molar-refractivity contribution is 0.0697. The average molecular weight is 378 g/mol. The van der Waals surface area contributed by atoms with Crippen LogP contribution in [0, 0.1) is 0 Å². The summed E-state index contributed by atoms with van der Waals surface area (Å²) in [5, 5.41) is 9.35. The van der Waals surface area contributed by atoms with Crippen molar-refractivity contribution in [2.45, 2.75) is 38.1 Å². The van der Waals surface area contributed by atoms with Crippen LogP contribution >= 0.6 is 0 Å². The summed E-state index contributed by atoms with van der Waals surface area (Å²) in [5.41, 5.74) is 2.93. The molecule has 0 bridgehead atoms. The number of carboxylic acids is 1. The number of hydrogen-bond donors (Lipinski definition) is 1. The van der Waals surface area contributed by atoms with Gasteiger partial charge in [-0.1, -0.05) is 19.3 Å². The van der Waals surface area contributed by atoms with Crippen molar-refractivity contribution in [1.82, 2.24) is 9.55 Å². The maximum atomic E-state index is 11.4. The Balaban J connectivity index is 1.68. The Morgan fingerprint density at radius 2 is 1.79 bits per heavy atom. The van der Waals surface area contributed by atoms with Crippen molar-refractivity contribution in [2.75, 3.05) is 13.2 Å². The van der Waals surface area contributed by atoms with E-state index in [0.717, 1.165) is 46.8 Å². The Kier molecular flexibility index (Phi) is 4.19. The molecule has 0 amide bonds. The highest BCUT2D eigenvalue weighted by molar-refractivity contribution is 5.93. The minimum atomic E-state index is -0.935. The van der Waals surface area contributed by atoms with Gasteiger partial charge in [0.2, 0.25) is 0 Å². The Bertz CT molecular complexity index is 1050. The molecule has 0 saturated heterocycles. The molecule has 2 aromatic carbocycles. The molecule has 0 radical (unpaired) electrons. The fourth-order valence-corrected chi connectivity index (χ4v) is 4.33. The van der Waals surface area contributed by atoms with Crippen LogP contribution in [0.25, 0.3) is 22.4 Å². The van der Waals surface area contributed by atoms with Crippen LogP contribution in [0.15, 0.2) is 36.4 Å². The summed E-state index contributed by atoms with van der Waals surface area (Å²) >= 11 is 0. The topological polar surface area (TPSA) is 73.6 Å². The first-order valence-corrected chi connectivity index (χ1v) is 9.86. The van der Waals surface area contributed by atoms with Crippen molar-refractivity contribution >= 4 is 17.0 Å². The molecule has 1 aliphatic heterocycles. The van der Waals surface area contributed by atoms with Crippen molar-refractivity contribution in [3.05, 3.63) is 42.0 Å². The van der Waals surface area contributed by atoms with Crippen molar-refractivity contribution < 1.29 is 19.4 Å². The molecule has 2 heterocycles. The lowest BCUT2D eigenvalue weighted by atomic mass is 9.94. The normalized spacial score (nSPS) is 17.0. The van der Waals surface area contributed by atoms with Crippen LogP contribution in [0.4, 0.5) is 0 Å². The molecular weight excluding hydrogens is 356 g/mol. The van der Waals surface area contributed by atoms with Gasteiger partial charge in [-0.25, -0.2) is 9.78 Å². The maximum Gasteiger partial charge on any atom is 0.335 e. The number of benzene rings is 2. The zero-order valence-corrected chi connectivity index (χ0v) is 15.6. The van der Waals surface area contributed by atoms with Crippen LogP contribution in [-0.2, 0) is 0 Å². The zero-order valence-electron chi connectivity index (χ0n) is 15.6. The highest BCUT2D eigenvalue weighted by atomic mass is 16.6. The van der Waals surface area contributed by atoms with E-state index < -0.39 is 5.97 Å². The molecule has 0 unspecified atom stereocenters. The minimum absolute atomic E-state index is 0.259. The largest absolute Gasteiger partial charge is 0.486 e. The predicted molar refractivity (Wildman–Crippen MR) is 105 cm³/mol. The number of hydrogen-bond acceptors (Lipinski definition) is 4. The van der Waals surface area contributed by atoms with Crippen LogP contribution in [-0.4, -0.2) is 33.8 Å². The van der Waals surface area contributed by atoms with E-state index in [1.807, 2.05) is 24.3 Å². The Hall–Kier alpha value is -3.02. The van der Waals surface area contributed by atoms with E-state index in [1.54, 1.807) is 12.1 Å². The van der Waals surface area contributed by atoms with Crippen molar-refractivity contribution in [3.8, 4) is 22.9 Å². The summed E-state index contributed by atoms with van der Waals surface area (Å²) in [6.07, 6.45) is 5.91. The van der Waals surface area contributed by atoms with Gasteiger partial charge in [0.1, 0.15) is 19.0 Å². The predicted octanol–water partition coefficient (Wildman–Crippen LogP) is 4.68. The standard InChI is InChI=1S/C22H22N2O4/c25-22(26)15-6-8-18-17(12-15)23-21(24(18)16-4-2-1-3-5-16)14-7-9-19-20(13-14)28-11-10-27-19/h6-9,12-13,16H,1-5,10-11H2,(H,25,26). The lowest BCUT2D eigenvalue weighted by Crippen LogP contribution is -2.16. The summed E-state index contributed by atoms with van der Waals surface area (Å²) < 4.78 is 13.7. The average Bonchev–Trinajstić information content (AvgIpc) is 3.12. The third kappa shape index (κ3) is 2.89. The summed E-state index contributed by atoms with van der Waals surface area (Å²) in [5.74, 6) is 1.41. The Labute approximate surface area is 162 Å². The fraction of sp³-hybridized carbons (Fsp3) is 0.364. The number of imidazole rings is 1. The van der Waals surface area contributed by atoms with Gasteiger partial charge in [-0.15, -0.1) is 0 Å². The van der Waals surface area contributed by atoms with Gasteiger partial charge in [-0.3, -0.25) is 0 Å². The Morgan fingerprint density at radius 1 is 1.00 bits per heavy atom. The van der Waals surface area contributed by atoms with Crippen LogP contribution in [0.2, 0.25) is 0 Å². The molecule has 1 saturated carbocycles. The van der Waals surface area contributed by atoms with Gasteiger partial charge >= 0.3 is 5.97 Å². The van der Waals surface area contributed by atoms with E-state index in [9.17, 15) is 9.90 Å². The first kappa shape index (κ1) is 17.1. The maximum absolute atomic E-state index is 11.4. The molecule has 1 fully saturated rings. The number of rotatable bonds is 3. The summed E-state index contributed by atoms with van der Waals surface area (Å²) in [6, 6.07) is 11.5. The first-order valence-electron chi connectivity index (χ1n) is 9.86. The quantitative estimate of drug-likeness (QED) is 0.716. The zero-order chi connectivity index (χ0) is 19.1. The number of fused-ring (bicyclic) bond motifs is 2. The van der Waals surface area contributed by atoms with Crippen LogP contribution in [0.1, 0.15) is 48.5 Å². The highest BCUT2D eigenvalue weighted by Gasteiger charge is 2.24. The number of nitrogens with zero attached hydrogens (tertiary/aromatic N) is 2. The molecule has 1 N–H and O–H groups in total. The van der Waals surface area contributed by atoms with Crippen molar-refractivity contribution in [3.63, 3.8) is 0 Å². The number of carboxylic acid groups (broad SMARTS) is 1. The van der Waals surface area contributed by atoms with E-state index in [1.165, 1.54) is 19.3 Å². The van der Waals surface area contributed by atoms with Gasteiger partial charge < -0.3 is 19.1 Å². The van der Waals surface area contributed by atoms with Gasteiger partial charge in [0, 0.05) is 11.6 Å². The second-order valence-corrected chi connectivity index (χ2v) is 7.46. The minimum Gasteiger partial charge on any atom is -0.486 e.